The number of unbranched alkanes of at least 4 members (excludes halogenated alkanes) is 3. The second-order valence-corrected chi connectivity index (χ2v) is 24.6. The molecule has 0 bridgehead atoms. The van der Waals surface area contributed by atoms with Crippen LogP contribution in [0.15, 0.2) is 54.6 Å². The van der Waals surface area contributed by atoms with Crippen molar-refractivity contribution in [2.75, 3.05) is 46.7 Å². The molecule has 2 aromatic carbocycles. The van der Waals surface area contributed by atoms with Crippen LogP contribution in [0.3, 0.4) is 0 Å². The van der Waals surface area contributed by atoms with Gasteiger partial charge < -0.3 is 66.8 Å². The van der Waals surface area contributed by atoms with E-state index in [2.05, 4.69) is 37.8 Å². The molecule has 1 aliphatic heterocycles. The number of hydrogen-bond donors (Lipinski definition) is 8. The van der Waals surface area contributed by atoms with Crippen LogP contribution in [0.25, 0.3) is 0 Å². The van der Waals surface area contributed by atoms with Gasteiger partial charge in [-0.3, -0.25) is 38.5 Å². The molecule has 23 heteroatoms. The Morgan fingerprint density at radius 3 is 1.98 bits per heavy atom. The highest BCUT2D eigenvalue weighted by Crippen LogP contribution is 2.30. The molecule has 12 atom stereocenters. The van der Waals surface area contributed by atoms with E-state index < -0.39 is 114 Å². The summed E-state index contributed by atoms with van der Waals surface area (Å²) in [5.74, 6) is -2.37. The van der Waals surface area contributed by atoms with Gasteiger partial charge in [-0.15, -0.1) is 12.3 Å². The number of likely N-dealkylation sites (N-methyl/N-ethyl adjacent to an activating group) is 2. The molecule has 3 rings (SSSR count). The topological polar surface area (TPSA) is 309 Å². The molecule has 0 aliphatic carbocycles. The Morgan fingerprint density at radius 2 is 1.40 bits per heavy atom. The molecule has 1 fully saturated rings. The molecule has 10 amide bonds. The number of urea groups is 1. The average molecular weight is 1250 g/mol. The monoisotopic (exact) mass is 1240 g/mol. The number of aliphatic hydroxyl groups excluding tert-OH is 1. The lowest BCUT2D eigenvalue weighted by Gasteiger charge is -2.41. The Balaban J connectivity index is 1.70. The molecular formula is C66H104N10O13. The Morgan fingerprint density at radius 1 is 0.753 bits per heavy atom. The van der Waals surface area contributed by atoms with Gasteiger partial charge in [0.2, 0.25) is 41.4 Å². The lowest BCUT2D eigenvalue weighted by atomic mass is 9.89. The van der Waals surface area contributed by atoms with Crippen LogP contribution in [0.4, 0.5) is 15.3 Å². The van der Waals surface area contributed by atoms with E-state index in [-0.39, 0.29) is 68.4 Å². The highest BCUT2D eigenvalue weighted by Gasteiger charge is 2.44. The second kappa shape index (κ2) is 38.3. The maximum absolute atomic E-state index is 14.8. The molecule has 1 heterocycles. The summed E-state index contributed by atoms with van der Waals surface area (Å²) in [6, 6.07) is 9.03. The maximum atomic E-state index is 14.8. The third-order valence-electron chi connectivity index (χ3n) is 16.8. The number of aliphatic hydroxyl groups is 1. The van der Waals surface area contributed by atoms with E-state index in [1.165, 1.54) is 26.2 Å². The Labute approximate surface area is 528 Å². The normalized spacial score (nSPS) is 16.8. The van der Waals surface area contributed by atoms with Crippen molar-refractivity contribution < 1.29 is 62.5 Å². The fourth-order valence-corrected chi connectivity index (χ4v) is 11.4. The number of hydrogen-bond acceptors (Lipinski definition) is 13. The Kier molecular flexibility index (Phi) is 32.7. The molecule has 23 nitrogen and oxygen atoms in total. The van der Waals surface area contributed by atoms with Gasteiger partial charge in [-0.2, -0.15) is 0 Å². The number of nitrogens with two attached hydrogens (primary N) is 1. The third kappa shape index (κ3) is 23.6. The van der Waals surface area contributed by atoms with Gasteiger partial charge in [0, 0.05) is 59.9 Å². The molecule has 0 saturated carbocycles. The molecular weight excluding hydrogens is 1140 g/mol. The number of rotatable bonds is 37. The minimum absolute atomic E-state index is 0.0840. The van der Waals surface area contributed by atoms with Crippen molar-refractivity contribution >= 4 is 59.2 Å². The Hall–Kier alpha value is -7.29. The summed E-state index contributed by atoms with van der Waals surface area (Å²) in [7, 11) is 6.11. The summed E-state index contributed by atoms with van der Waals surface area (Å²) >= 11 is 0. The fourth-order valence-electron chi connectivity index (χ4n) is 11.4. The number of likely N-dealkylation sites (tertiary alicyclic amines) is 1. The van der Waals surface area contributed by atoms with Gasteiger partial charge >= 0.3 is 12.1 Å². The van der Waals surface area contributed by atoms with E-state index >= 15 is 0 Å². The SMILES string of the molecule is C#CCCCCCC(=O)N[C@H](C(=O)N[C@@H](CCCNC(N)=O)C(=O)Nc1ccc(COC(=O)N(C)[C@H](C(=O)N[C@H](C(=O)N(C)[C@@H]([C@@H](C)CC)[C@@H](CC(=O)N2CCC[C@H]2[C@H](OC)[C@@H](C)C(=O)N[C@H](C)[C@@H](O)c2ccccc2)OC)C(C)C)C(C)C)cc1)C(C)C. The smallest absolute Gasteiger partial charge is 0.410 e. The first-order valence-electron chi connectivity index (χ1n) is 31.4. The van der Waals surface area contributed by atoms with Crippen molar-refractivity contribution in [2.45, 2.75) is 207 Å². The number of nitrogens with one attached hydrogen (secondary N) is 6. The fraction of sp³-hybridized carbons (Fsp3) is 0.652. The number of anilines is 1. The number of carbonyl (C=O) groups is 9. The van der Waals surface area contributed by atoms with Crippen LogP contribution in [0.2, 0.25) is 0 Å². The summed E-state index contributed by atoms with van der Waals surface area (Å²) in [6.45, 7) is 18.5. The zero-order valence-electron chi connectivity index (χ0n) is 55.1. The number of amides is 10. The highest BCUT2D eigenvalue weighted by atomic mass is 16.6. The van der Waals surface area contributed by atoms with Crippen LogP contribution in [-0.2, 0) is 54.4 Å². The predicted molar refractivity (Wildman–Crippen MR) is 341 cm³/mol. The molecule has 0 spiro atoms. The van der Waals surface area contributed by atoms with Crippen LogP contribution < -0.4 is 37.6 Å². The van der Waals surface area contributed by atoms with Gasteiger partial charge in [-0.05, 0) is 92.4 Å². The molecule has 89 heavy (non-hydrogen) atoms. The third-order valence-corrected chi connectivity index (χ3v) is 16.8. The number of primary amides is 1. The molecule has 0 radical (unpaired) electrons. The van der Waals surface area contributed by atoms with E-state index in [9.17, 15) is 48.3 Å². The van der Waals surface area contributed by atoms with E-state index in [1.54, 1.807) is 109 Å². The molecule has 1 aliphatic rings. The number of carbonyl (C=O) groups excluding carboxylic acids is 9. The average Bonchev–Trinajstić information content (AvgIpc) is 4.20. The van der Waals surface area contributed by atoms with Gasteiger partial charge in [0.1, 0.15) is 30.8 Å². The maximum Gasteiger partial charge on any atom is 0.410 e. The number of methoxy groups -OCH3 is 2. The highest BCUT2D eigenvalue weighted by molar-refractivity contribution is 5.98. The number of nitrogens with zero attached hydrogens (tertiary/aromatic N) is 3. The van der Waals surface area contributed by atoms with Crippen LogP contribution in [0.5, 0.6) is 0 Å². The Bertz CT molecular complexity index is 2640. The van der Waals surface area contributed by atoms with Crippen LogP contribution >= 0.6 is 0 Å². The summed E-state index contributed by atoms with van der Waals surface area (Å²) in [4.78, 5) is 127. The van der Waals surface area contributed by atoms with Crippen molar-refractivity contribution in [3.8, 4) is 12.3 Å². The van der Waals surface area contributed by atoms with Crippen molar-refractivity contribution in [2.24, 2.45) is 35.3 Å². The molecule has 1 saturated heterocycles. The van der Waals surface area contributed by atoms with Crippen molar-refractivity contribution in [1.82, 2.24) is 41.3 Å². The van der Waals surface area contributed by atoms with Gasteiger partial charge in [-0.25, -0.2) is 9.59 Å². The van der Waals surface area contributed by atoms with E-state index in [0.717, 1.165) is 12.8 Å². The van der Waals surface area contributed by atoms with E-state index in [0.29, 0.717) is 55.5 Å². The second-order valence-electron chi connectivity index (χ2n) is 24.6. The van der Waals surface area contributed by atoms with Gasteiger partial charge in [-0.1, -0.05) is 118 Å². The zero-order valence-corrected chi connectivity index (χ0v) is 55.1. The summed E-state index contributed by atoms with van der Waals surface area (Å²) in [5, 5.41) is 27.7. The lowest BCUT2D eigenvalue weighted by molar-refractivity contribution is -0.148. The predicted octanol–water partition coefficient (Wildman–Crippen LogP) is 6.18. The molecule has 0 unspecified atom stereocenters. The van der Waals surface area contributed by atoms with Crippen molar-refractivity contribution in [3.05, 3.63) is 65.7 Å². The molecule has 0 aromatic heterocycles. The summed E-state index contributed by atoms with van der Waals surface area (Å²) in [6.07, 6.45) is 7.40. The van der Waals surface area contributed by atoms with Gasteiger partial charge in [0.05, 0.1) is 48.8 Å². The quantitative estimate of drug-likeness (QED) is 0.0277. The first-order valence-corrected chi connectivity index (χ1v) is 31.4. The van der Waals surface area contributed by atoms with Crippen LogP contribution in [-0.4, -0.2) is 169 Å². The zero-order chi connectivity index (χ0) is 66.7. The van der Waals surface area contributed by atoms with Crippen molar-refractivity contribution in [3.63, 3.8) is 0 Å². The lowest BCUT2D eigenvalue weighted by Crippen LogP contribution is -2.60. The first kappa shape index (κ1) is 76.0. The minimum Gasteiger partial charge on any atom is -0.445 e. The standard InChI is InChI=1S/C66H104N10O13/c1-16-18-19-20-24-31-52(77)72-54(40(3)4)62(82)71-49(29-25-36-68-65(67)85)61(81)70-48-34-32-46(33-35-48)39-89-66(86)75(13)56(42(7)8)63(83)73-55(41(5)6)64(84)74(12)57(43(9)17-2)51(87-14)38-53(78)76-37-26-30-50(76)59(88-15)44(10)60(80)69-45(11)58(79)47-27-22-21-23-28-47/h1,21-23,27-28,32-35,40-45,49-51,54-59,79H,17-20,24-26,29-31,36-39H2,2-15H3,(H,69,80)(H,70,81)(H,71,82)(H,72,77)(H,73,83)(H3,67,68,85)/t43-,44+,45+,49-,50-,51+,54-,55-,56-,57-,58+,59+/m0/s1. The van der Waals surface area contributed by atoms with E-state index in [1.807, 2.05) is 32.0 Å². The number of ether oxygens (including phenoxy) is 3. The summed E-state index contributed by atoms with van der Waals surface area (Å²) in [5.41, 5.74) is 6.81. The number of benzene rings is 2. The van der Waals surface area contributed by atoms with Gasteiger partial charge in [0.25, 0.3) is 0 Å². The van der Waals surface area contributed by atoms with E-state index in [4.69, 9.17) is 26.4 Å². The molecule has 9 N–H and O–H groups in total. The summed E-state index contributed by atoms with van der Waals surface area (Å²) < 4.78 is 17.7. The van der Waals surface area contributed by atoms with Crippen LogP contribution in [0.1, 0.15) is 157 Å². The molecule has 496 valence electrons. The van der Waals surface area contributed by atoms with Gasteiger partial charge in [0.15, 0.2) is 0 Å². The van der Waals surface area contributed by atoms with Crippen LogP contribution in [0, 0.1) is 41.9 Å². The molecule has 2 aromatic rings. The minimum atomic E-state index is -1.07. The number of terminal acetylenes is 1. The first-order chi connectivity index (χ1) is 42.1. The van der Waals surface area contributed by atoms with Crippen molar-refractivity contribution in [1.29, 1.82) is 0 Å². The largest absolute Gasteiger partial charge is 0.445 e.